The molecule has 0 aliphatic carbocycles. The topological polar surface area (TPSA) is 90.2 Å². The van der Waals surface area contributed by atoms with E-state index in [4.69, 9.17) is 16.3 Å². The van der Waals surface area contributed by atoms with Gasteiger partial charge in [-0.25, -0.2) is 9.97 Å². The SMILES string of the molecule is CNc1ncnc(Oc2ccc([N+](=O)[O-])cc2Cl)c1Br. The lowest BCUT2D eigenvalue weighted by Crippen LogP contribution is -1.98. The first-order chi connectivity index (χ1) is 9.52. The highest BCUT2D eigenvalue weighted by Gasteiger charge is 2.14. The molecule has 7 nitrogen and oxygen atoms in total. The number of nitro groups is 1. The Morgan fingerprint density at radius 1 is 1.45 bits per heavy atom. The summed E-state index contributed by atoms with van der Waals surface area (Å²) in [6, 6.07) is 3.92. The monoisotopic (exact) mass is 358 g/mol. The average Bonchev–Trinajstić information content (AvgIpc) is 2.43. The Morgan fingerprint density at radius 3 is 2.80 bits per heavy atom. The minimum Gasteiger partial charge on any atom is -0.436 e. The average molecular weight is 360 g/mol. The van der Waals surface area contributed by atoms with Crippen LogP contribution in [0, 0.1) is 10.1 Å². The molecule has 1 heterocycles. The van der Waals surface area contributed by atoms with Gasteiger partial charge in [0.15, 0.2) is 0 Å². The van der Waals surface area contributed by atoms with Crippen LogP contribution < -0.4 is 10.1 Å². The first-order valence-corrected chi connectivity index (χ1v) is 6.50. The van der Waals surface area contributed by atoms with E-state index in [-0.39, 0.29) is 22.3 Å². The molecule has 0 saturated carbocycles. The fourth-order valence-electron chi connectivity index (χ4n) is 1.39. The number of non-ortho nitro benzene ring substituents is 1. The Kier molecular flexibility index (Phi) is 4.35. The molecule has 2 aromatic rings. The number of rotatable bonds is 4. The van der Waals surface area contributed by atoms with Gasteiger partial charge in [0, 0.05) is 19.2 Å². The second-order valence-corrected chi connectivity index (χ2v) is 4.77. The van der Waals surface area contributed by atoms with E-state index in [1.165, 1.54) is 24.5 Å². The first-order valence-electron chi connectivity index (χ1n) is 5.33. The molecule has 0 radical (unpaired) electrons. The van der Waals surface area contributed by atoms with E-state index in [9.17, 15) is 10.1 Å². The molecule has 0 unspecified atom stereocenters. The lowest BCUT2D eigenvalue weighted by Gasteiger charge is -2.09. The van der Waals surface area contributed by atoms with Gasteiger partial charge in [-0.1, -0.05) is 11.6 Å². The molecule has 1 N–H and O–H groups in total. The summed E-state index contributed by atoms with van der Waals surface area (Å²) >= 11 is 9.24. The summed E-state index contributed by atoms with van der Waals surface area (Å²) in [7, 11) is 1.70. The van der Waals surface area contributed by atoms with E-state index in [2.05, 4.69) is 31.2 Å². The molecule has 104 valence electrons. The molecule has 0 saturated heterocycles. The normalized spacial score (nSPS) is 10.2. The molecular weight excluding hydrogens is 352 g/mol. The number of nitrogens with zero attached hydrogens (tertiary/aromatic N) is 3. The molecule has 9 heteroatoms. The lowest BCUT2D eigenvalue weighted by molar-refractivity contribution is -0.384. The van der Waals surface area contributed by atoms with Gasteiger partial charge in [-0.05, 0) is 22.0 Å². The van der Waals surface area contributed by atoms with Crippen molar-refractivity contribution in [3.8, 4) is 11.6 Å². The number of aromatic nitrogens is 2. The van der Waals surface area contributed by atoms with Crippen molar-refractivity contribution in [1.82, 2.24) is 9.97 Å². The number of ether oxygens (including phenoxy) is 1. The van der Waals surface area contributed by atoms with Crippen molar-refractivity contribution in [2.24, 2.45) is 0 Å². The Bertz CT molecular complexity index is 668. The van der Waals surface area contributed by atoms with Crippen molar-refractivity contribution in [2.45, 2.75) is 0 Å². The molecule has 0 spiro atoms. The van der Waals surface area contributed by atoms with Crippen LogP contribution in [0.25, 0.3) is 0 Å². The Hall–Kier alpha value is -1.93. The maximum Gasteiger partial charge on any atom is 0.271 e. The fourth-order valence-corrected chi connectivity index (χ4v) is 2.09. The number of nitro benzene ring substituents is 1. The van der Waals surface area contributed by atoms with E-state index in [0.29, 0.717) is 10.3 Å². The van der Waals surface area contributed by atoms with Crippen LogP contribution in [0.2, 0.25) is 5.02 Å². The Labute approximate surface area is 127 Å². The third-order valence-electron chi connectivity index (χ3n) is 2.33. The van der Waals surface area contributed by atoms with Crippen molar-refractivity contribution in [3.05, 3.63) is 44.1 Å². The lowest BCUT2D eigenvalue weighted by atomic mass is 10.3. The zero-order valence-electron chi connectivity index (χ0n) is 10.1. The zero-order chi connectivity index (χ0) is 14.7. The Morgan fingerprint density at radius 2 is 2.20 bits per heavy atom. The van der Waals surface area contributed by atoms with Crippen LogP contribution in [0.1, 0.15) is 0 Å². The Balaban J connectivity index is 2.33. The van der Waals surface area contributed by atoms with Crippen molar-refractivity contribution >= 4 is 39.0 Å². The maximum atomic E-state index is 10.6. The van der Waals surface area contributed by atoms with Gasteiger partial charge in [0.25, 0.3) is 5.69 Å². The van der Waals surface area contributed by atoms with Crippen LogP contribution in [-0.4, -0.2) is 21.9 Å². The summed E-state index contributed by atoms with van der Waals surface area (Å²) < 4.78 is 6.05. The van der Waals surface area contributed by atoms with Crippen LogP contribution in [0.3, 0.4) is 0 Å². The summed E-state index contributed by atoms with van der Waals surface area (Å²) in [5.74, 6) is 1.06. The van der Waals surface area contributed by atoms with Gasteiger partial charge >= 0.3 is 0 Å². The highest BCUT2D eigenvalue weighted by molar-refractivity contribution is 9.10. The third kappa shape index (κ3) is 2.97. The van der Waals surface area contributed by atoms with E-state index in [1.54, 1.807) is 7.05 Å². The predicted molar refractivity (Wildman–Crippen MR) is 77.5 cm³/mol. The van der Waals surface area contributed by atoms with Crippen LogP contribution in [0.5, 0.6) is 11.6 Å². The molecule has 2 rings (SSSR count). The van der Waals surface area contributed by atoms with Gasteiger partial charge in [-0.15, -0.1) is 0 Å². The van der Waals surface area contributed by atoms with Crippen molar-refractivity contribution < 1.29 is 9.66 Å². The van der Waals surface area contributed by atoms with E-state index < -0.39 is 4.92 Å². The molecular formula is C11H8BrClN4O3. The first kappa shape index (κ1) is 14.5. The summed E-state index contributed by atoms with van der Waals surface area (Å²) in [6.45, 7) is 0. The van der Waals surface area contributed by atoms with E-state index >= 15 is 0 Å². The van der Waals surface area contributed by atoms with Crippen molar-refractivity contribution in [3.63, 3.8) is 0 Å². The van der Waals surface area contributed by atoms with Crippen LogP contribution >= 0.6 is 27.5 Å². The van der Waals surface area contributed by atoms with Crippen LogP contribution in [0.4, 0.5) is 11.5 Å². The minimum atomic E-state index is -0.532. The number of anilines is 1. The molecule has 0 atom stereocenters. The summed E-state index contributed by atoms with van der Waals surface area (Å²) in [6.07, 6.45) is 1.32. The second-order valence-electron chi connectivity index (χ2n) is 3.57. The minimum absolute atomic E-state index is 0.111. The number of hydrogen-bond acceptors (Lipinski definition) is 6. The summed E-state index contributed by atoms with van der Waals surface area (Å²) in [4.78, 5) is 18.1. The molecule has 20 heavy (non-hydrogen) atoms. The van der Waals surface area contributed by atoms with E-state index in [1.807, 2.05) is 0 Å². The number of benzene rings is 1. The summed E-state index contributed by atoms with van der Waals surface area (Å²) in [5.41, 5.74) is -0.111. The molecule has 0 aliphatic rings. The van der Waals surface area contributed by atoms with Gasteiger partial charge in [0.05, 0.1) is 9.95 Å². The largest absolute Gasteiger partial charge is 0.436 e. The third-order valence-corrected chi connectivity index (χ3v) is 3.34. The molecule has 0 amide bonds. The molecule has 0 aliphatic heterocycles. The maximum absolute atomic E-state index is 10.6. The predicted octanol–water partition coefficient (Wildman–Crippen LogP) is 3.63. The number of hydrogen-bond donors (Lipinski definition) is 1. The van der Waals surface area contributed by atoms with Gasteiger partial charge in [-0.2, -0.15) is 0 Å². The van der Waals surface area contributed by atoms with Gasteiger partial charge in [-0.3, -0.25) is 10.1 Å². The van der Waals surface area contributed by atoms with Crippen LogP contribution in [-0.2, 0) is 0 Å². The van der Waals surface area contributed by atoms with Crippen molar-refractivity contribution in [2.75, 3.05) is 12.4 Å². The van der Waals surface area contributed by atoms with Crippen LogP contribution in [0.15, 0.2) is 29.0 Å². The number of halogens is 2. The van der Waals surface area contributed by atoms with Gasteiger partial charge in [0.2, 0.25) is 5.88 Å². The second kappa shape index (κ2) is 6.02. The van der Waals surface area contributed by atoms with Gasteiger partial charge < -0.3 is 10.1 Å². The molecule has 0 bridgehead atoms. The standard InChI is InChI=1S/C11H8BrClN4O3/c1-14-10-9(12)11(16-5-15-10)20-8-3-2-6(17(18)19)4-7(8)13/h2-5H,1H3,(H,14,15,16). The fraction of sp³-hybridized carbons (Fsp3) is 0.0909. The highest BCUT2D eigenvalue weighted by atomic mass is 79.9. The quantitative estimate of drug-likeness (QED) is 0.662. The van der Waals surface area contributed by atoms with E-state index in [0.717, 1.165) is 0 Å². The molecule has 1 aromatic carbocycles. The molecule has 0 fully saturated rings. The number of nitrogens with one attached hydrogen (secondary N) is 1. The molecule has 1 aromatic heterocycles. The van der Waals surface area contributed by atoms with Crippen molar-refractivity contribution in [1.29, 1.82) is 0 Å². The van der Waals surface area contributed by atoms with Gasteiger partial charge in [0.1, 0.15) is 22.4 Å². The zero-order valence-corrected chi connectivity index (χ0v) is 12.5. The highest BCUT2D eigenvalue weighted by Crippen LogP contribution is 2.36. The summed E-state index contributed by atoms with van der Waals surface area (Å²) in [5, 5.41) is 13.6. The smallest absolute Gasteiger partial charge is 0.271 e.